The van der Waals surface area contributed by atoms with Crippen LogP contribution in [0.3, 0.4) is 0 Å². The summed E-state index contributed by atoms with van der Waals surface area (Å²) in [4.78, 5) is 3.35. The molecule has 0 aromatic heterocycles. The van der Waals surface area contributed by atoms with Gasteiger partial charge >= 0.3 is 0 Å². The first-order valence-electron chi connectivity index (χ1n) is 2.59. The number of alkyl halides is 1. The molecule has 0 bridgehead atoms. The average Bonchev–Trinajstić information content (AvgIpc) is 1.83. The van der Waals surface area contributed by atoms with Crippen molar-refractivity contribution in [3.63, 3.8) is 0 Å². The van der Waals surface area contributed by atoms with E-state index in [4.69, 9.17) is 0 Å². The van der Waals surface area contributed by atoms with E-state index < -0.39 is 11.7 Å². The van der Waals surface area contributed by atoms with E-state index in [1.807, 2.05) is 0 Å². The second-order valence-corrected chi connectivity index (χ2v) is 2.78. The van der Waals surface area contributed by atoms with Crippen LogP contribution in [-0.4, -0.2) is 12.1 Å². The molecule has 1 aliphatic rings. The predicted molar refractivity (Wildman–Crippen MR) is 38.2 cm³/mol. The molecule has 1 atom stereocenters. The second-order valence-electron chi connectivity index (χ2n) is 1.98. The van der Waals surface area contributed by atoms with E-state index in [-0.39, 0.29) is 4.48 Å². The maximum Gasteiger partial charge on any atom is 0.234 e. The Morgan fingerprint density at radius 2 is 2.40 bits per heavy atom. The molecule has 56 valence electrons. The van der Waals surface area contributed by atoms with Crippen LogP contribution in [0.5, 0.6) is 0 Å². The molecule has 0 aliphatic carbocycles. The van der Waals surface area contributed by atoms with Crippen molar-refractivity contribution in [3.05, 3.63) is 10.4 Å². The lowest BCUT2D eigenvalue weighted by atomic mass is 10.3. The lowest BCUT2D eigenvalue weighted by Crippen LogP contribution is -2.26. The number of rotatable bonds is 0. The summed E-state index contributed by atoms with van der Waals surface area (Å²) < 4.78 is 25.2. The first kappa shape index (κ1) is 7.65. The lowest BCUT2D eigenvalue weighted by molar-refractivity contribution is 0.257. The average molecular weight is 211 g/mol. The summed E-state index contributed by atoms with van der Waals surface area (Å²) in [5.74, 6) is -2.70. The van der Waals surface area contributed by atoms with Crippen molar-refractivity contribution < 1.29 is 8.78 Å². The zero-order chi connectivity index (χ0) is 7.78. The smallest absolute Gasteiger partial charge is 0.234 e. The summed E-state index contributed by atoms with van der Waals surface area (Å²) >= 11 is 2.73. The number of halogens is 3. The minimum absolute atomic E-state index is 0.206. The maximum absolute atomic E-state index is 12.9. The Morgan fingerprint density at radius 1 is 1.80 bits per heavy atom. The van der Waals surface area contributed by atoms with Crippen LogP contribution < -0.4 is 5.32 Å². The number of hydrogen-bond donors (Lipinski definition) is 1. The van der Waals surface area contributed by atoms with Crippen LogP contribution in [0.1, 0.15) is 6.92 Å². The molecule has 5 heteroatoms. The van der Waals surface area contributed by atoms with E-state index >= 15 is 0 Å². The molecule has 1 N–H and O–H groups in total. The van der Waals surface area contributed by atoms with Crippen molar-refractivity contribution in [3.8, 4) is 0 Å². The molecule has 0 aromatic rings. The van der Waals surface area contributed by atoms with E-state index in [2.05, 4.69) is 26.2 Å². The topological polar surface area (TPSA) is 24.4 Å². The standard InChI is InChI=1S/C5H5BrF2N2/c1-5(8)3(6)4(7)9-2-10-5/h2H,1H3,(H,9,10). The fraction of sp³-hybridized carbons (Fsp3) is 0.400. The SMILES string of the molecule is CC1(F)N=CNC(F)=C1Br. The molecule has 0 aromatic carbocycles. The third-order valence-corrected chi connectivity index (χ3v) is 2.16. The summed E-state index contributed by atoms with van der Waals surface area (Å²) in [6.07, 6.45) is 0.986. The van der Waals surface area contributed by atoms with Gasteiger partial charge in [0.25, 0.3) is 0 Å². The van der Waals surface area contributed by atoms with Crippen molar-refractivity contribution in [1.82, 2.24) is 5.32 Å². The summed E-state index contributed by atoms with van der Waals surface area (Å²) in [6, 6.07) is 0. The molecule has 1 heterocycles. The number of nitrogens with zero attached hydrogens (tertiary/aromatic N) is 1. The molecule has 10 heavy (non-hydrogen) atoms. The molecule has 1 aliphatic heterocycles. The fourth-order valence-electron chi connectivity index (χ4n) is 0.531. The first-order valence-corrected chi connectivity index (χ1v) is 3.38. The number of aliphatic imine (C=N–C) groups is 1. The zero-order valence-electron chi connectivity index (χ0n) is 5.16. The normalized spacial score (nSPS) is 32.4. The highest BCUT2D eigenvalue weighted by Gasteiger charge is 2.31. The van der Waals surface area contributed by atoms with Crippen LogP contribution >= 0.6 is 15.9 Å². The van der Waals surface area contributed by atoms with Crippen molar-refractivity contribution in [1.29, 1.82) is 0 Å². The van der Waals surface area contributed by atoms with E-state index in [0.29, 0.717) is 0 Å². The minimum Gasteiger partial charge on any atom is -0.322 e. The third-order valence-electron chi connectivity index (χ3n) is 1.09. The summed E-state index contributed by atoms with van der Waals surface area (Å²) in [5, 5.41) is 2.12. The monoisotopic (exact) mass is 210 g/mol. The lowest BCUT2D eigenvalue weighted by Gasteiger charge is -2.18. The third kappa shape index (κ3) is 1.18. The molecular formula is C5H5BrF2N2. The molecule has 0 amide bonds. The van der Waals surface area contributed by atoms with Gasteiger partial charge in [-0.05, 0) is 22.9 Å². The Bertz CT molecular complexity index is 210. The van der Waals surface area contributed by atoms with Gasteiger partial charge in [-0.3, -0.25) is 0 Å². The van der Waals surface area contributed by atoms with Crippen molar-refractivity contribution in [2.45, 2.75) is 12.7 Å². The number of hydrogen-bond acceptors (Lipinski definition) is 2. The van der Waals surface area contributed by atoms with Crippen LogP contribution in [0, 0.1) is 0 Å². The van der Waals surface area contributed by atoms with Gasteiger partial charge in [0.1, 0.15) is 4.48 Å². The van der Waals surface area contributed by atoms with Gasteiger partial charge in [0.2, 0.25) is 11.7 Å². The summed E-state index contributed by atoms with van der Waals surface area (Å²) in [7, 11) is 0. The molecule has 2 nitrogen and oxygen atoms in total. The van der Waals surface area contributed by atoms with Gasteiger partial charge in [0.05, 0.1) is 6.34 Å². The highest BCUT2D eigenvalue weighted by Crippen LogP contribution is 2.31. The molecule has 1 unspecified atom stereocenters. The molecule has 1 rings (SSSR count). The van der Waals surface area contributed by atoms with Gasteiger partial charge in [-0.1, -0.05) is 0 Å². The first-order chi connectivity index (χ1) is 4.54. The minimum atomic E-state index is -1.96. The summed E-state index contributed by atoms with van der Waals surface area (Å²) in [5.41, 5.74) is 0. The molecule has 0 radical (unpaired) electrons. The Hall–Kier alpha value is -0.450. The zero-order valence-corrected chi connectivity index (χ0v) is 6.74. The van der Waals surface area contributed by atoms with E-state index in [0.717, 1.165) is 13.3 Å². The Labute approximate surface area is 65.1 Å². The molecular weight excluding hydrogens is 206 g/mol. The maximum atomic E-state index is 12.9. The van der Waals surface area contributed by atoms with Crippen LogP contribution in [0.2, 0.25) is 0 Å². The molecule has 0 saturated heterocycles. The van der Waals surface area contributed by atoms with Gasteiger partial charge < -0.3 is 5.32 Å². The largest absolute Gasteiger partial charge is 0.322 e. The number of nitrogens with one attached hydrogen (secondary N) is 1. The van der Waals surface area contributed by atoms with Crippen molar-refractivity contribution in [2.75, 3.05) is 0 Å². The van der Waals surface area contributed by atoms with Crippen molar-refractivity contribution >= 4 is 22.3 Å². The van der Waals surface area contributed by atoms with Crippen LogP contribution in [0.4, 0.5) is 8.78 Å². The highest BCUT2D eigenvalue weighted by molar-refractivity contribution is 9.11. The summed E-state index contributed by atoms with van der Waals surface area (Å²) in [6.45, 7) is 1.16. The second kappa shape index (κ2) is 2.30. The van der Waals surface area contributed by atoms with Gasteiger partial charge in [0.15, 0.2) is 0 Å². The van der Waals surface area contributed by atoms with Gasteiger partial charge in [-0.15, -0.1) is 0 Å². The van der Waals surface area contributed by atoms with Gasteiger partial charge in [-0.2, -0.15) is 4.39 Å². The Balaban J connectivity index is 2.97. The van der Waals surface area contributed by atoms with E-state index in [9.17, 15) is 8.78 Å². The van der Waals surface area contributed by atoms with Crippen LogP contribution in [0.15, 0.2) is 15.4 Å². The van der Waals surface area contributed by atoms with Gasteiger partial charge in [-0.25, -0.2) is 9.38 Å². The molecule has 0 fully saturated rings. The highest BCUT2D eigenvalue weighted by atomic mass is 79.9. The Morgan fingerprint density at radius 3 is 2.80 bits per heavy atom. The molecule has 0 spiro atoms. The van der Waals surface area contributed by atoms with E-state index in [1.54, 1.807) is 0 Å². The Kier molecular flexibility index (Phi) is 1.76. The van der Waals surface area contributed by atoms with Crippen molar-refractivity contribution in [2.24, 2.45) is 4.99 Å². The molecule has 0 saturated carbocycles. The quantitative estimate of drug-likeness (QED) is 0.607. The van der Waals surface area contributed by atoms with Crippen LogP contribution in [0.25, 0.3) is 0 Å². The fourth-order valence-corrected chi connectivity index (χ4v) is 0.747. The van der Waals surface area contributed by atoms with Gasteiger partial charge in [0, 0.05) is 0 Å². The van der Waals surface area contributed by atoms with E-state index in [1.165, 1.54) is 0 Å². The van der Waals surface area contributed by atoms with Crippen LogP contribution in [-0.2, 0) is 0 Å². The predicted octanol–water partition coefficient (Wildman–Crippen LogP) is 1.84.